The van der Waals surface area contributed by atoms with Gasteiger partial charge in [-0.3, -0.25) is 4.79 Å². The second-order valence-corrected chi connectivity index (χ2v) is 7.66. The van der Waals surface area contributed by atoms with Crippen LogP contribution >= 0.6 is 0 Å². The summed E-state index contributed by atoms with van der Waals surface area (Å²) in [5.41, 5.74) is 1.34. The lowest BCUT2D eigenvalue weighted by molar-refractivity contribution is -0.420. The zero-order valence-corrected chi connectivity index (χ0v) is 17.4. The average Bonchev–Trinajstić information content (AvgIpc) is 3.47. The fourth-order valence-corrected chi connectivity index (χ4v) is 3.60. The molecular formula is C22H22O10. The molecule has 170 valence electrons. The van der Waals surface area contributed by atoms with E-state index < -0.39 is 23.5 Å². The van der Waals surface area contributed by atoms with Gasteiger partial charge in [0.1, 0.15) is 18.6 Å². The number of carbonyl (C=O) groups is 2. The lowest BCUT2D eigenvalue weighted by Crippen LogP contribution is -2.35. The van der Waals surface area contributed by atoms with Gasteiger partial charge < -0.3 is 39.0 Å². The van der Waals surface area contributed by atoms with Crippen molar-refractivity contribution >= 4 is 11.9 Å². The van der Waals surface area contributed by atoms with Crippen molar-refractivity contribution in [2.24, 2.45) is 5.41 Å². The molecule has 0 atom stereocenters. The number of rotatable bonds is 8. The number of carbonyl (C=O) groups excluding carboxylic acids is 2. The third kappa shape index (κ3) is 4.07. The molecule has 0 unspecified atom stereocenters. The molecule has 0 amide bonds. The van der Waals surface area contributed by atoms with Gasteiger partial charge in [0.15, 0.2) is 11.5 Å². The van der Waals surface area contributed by atoms with Crippen LogP contribution in [0.5, 0.6) is 17.2 Å². The van der Waals surface area contributed by atoms with E-state index in [0.29, 0.717) is 35.1 Å². The molecule has 2 aromatic carbocycles. The molecule has 0 bridgehead atoms. The quantitative estimate of drug-likeness (QED) is 0.402. The first kappa shape index (κ1) is 21.9. The molecule has 0 aromatic heterocycles. The van der Waals surface area contributed by atoms with E-state index in [1.165, 1.54) is 20.3 Å². The monoisotopic (exact) mass is 446 g/mol. The Labute approximate surface area is 182 Å². The van der Waals surface area contributed by atoms with E-state index >= 15 is 0 Å². The van der Waals surface area contributed by atoms with Crippen LogP contribution in [0.25, 0.3) is 11.1 Å². The van der Waals surface area contributed by atoms with Gasteiger partial charge in [0.25, 0.3) is 0 Å². The zero-order valence-electron chi connectivity index (χ0n) is 17.4. The minimum atomic E-state index is -3.51. The Morgan fingerprint density at radius 2 is 1.81 bits per heavy atom. The third-order valence-electron chi connectivity index (χ3n) is 5.49. The lowest BCUT2D eigenvalue weighted by atomic mass is 9.99. The molecule has 1 aliphatic heterocycles. The first-order valence-corrected chi connectivity index (χ1v) is 9.76. The summed E-state index contributed by atoms with van der Waals surface area (Å²) in [7, 11) is 2.62. The maximum atomic E-state index is 12.1. The van der Waals surface area contributed by atoms with Crippen LogP contribution in [0.15, 0.2) is 30.3 Å². The van der Waals surface area contributed by atoms with Gasteiger partial charge in [-0.25, -0.2) is 4.79 Å². The van der Waals surface area contributed by atoms with E-state index in [-0.39, 0.29) is 30.5 Å². The van der Waals surface area contributed by atoms with Crippen LogP contribution in [-0.2, 0) is 20.9 Å². The third-order valence-corrected chi connectivity index (χ3v) is 5.49. The summed E-state index contributed by atoms with van der Waals surface area (Å²) >= 11 is 0. The molecule has 1 saturated carbocycles. The summed E-state index contributed by atoms with van der Waals surface area (Å²) in [6.45, 7) is 0.0498. The topological polar surface area (TPSA) is 141 Å². The number of aliphatic hydroxyl groups is 3. The Hall–Kier alpha value is -3.34. The van der Waals surface area contributed by atoms with Crippen molar-refractivity contribution in [1.82, 2.24) is 0 Å². The van der Waals surface area contributed by atoms with E-state index in [1.54, 1.807) is 24.3 Å². The second-order valence-electron chi connectivity index (χ2n) is 7.66. The van der Waals surface area contributed by atoms with Gasteiger partial charge in [0, 0.05) is 11.1 Å². The van der Waals surface area contributed by atoms with Crippen LogP contribution < -0.4 is 14.2 Å². The van der Waals surface area contributed by atoms with Crippen LogP contribution in [0.4, 0.5) is 0 Å². The van der Waals surface area contributed by atoms with Gasteiger partial charge in [0.2, 0.25) is 5.75 Å². The van der Waals surface area contributed by atoms with E-state index in [4.69, 9.17) is 23.7 Å². The zero-order chi connectivity index (χ0) is 23.1. The number of cyclic esters (lactones) is 1. The van der Waals surface area contributed by atoms with Gasteiger partial charge in [-0.1, -0.05) is 6.07 Å². The fraction of sp³-hybridized carbons (Fsp3) is 0.364. The summed E-state index contributed by atoms with van der Waals surface area (Å²) < 4.78 is 26.0. The summed E-state index contributed by atoms with van der Waals surface area (Å²) in [6.07, 6.45) is -2.38. The van der Waals surface area contributed by atoms with Gasteiger partial charge in [-0.15, -0.1) is 0 Å². The van der Waals surface area contributed by atoms with Gasteiger partial charge in [-0.2, -0.15) is 0 Å². The minimum Gasteiger partial charge on any atom is -0.493 e. The summed E-state index contributed by atoms with van der Waals surface area (Å²) in [6, 6.07) is 8.15. The fourth-order valence-electron chi connectivity index (χ4n) is 3.60. The van der Waals surface area contributed by atoms with Gasteiger partial charge >= 0.3 is 18.1 Å². The van der Waals surface area contributed by atoms with Crippen molar-refractivity contribution in [3.63, 3.8) is 0 Å². The number of hydrogen-bond donors (Lipinski definition) is 3. The van der Waals surface area contributed by atoms with Gasteiger partial charge in [0.05, 0.1) is 19.8 Å². The van der Waals surface area contributed by atoms with E-state index in [0.717, 1.165) is 0 Å². The molecule has 0 saturated heterocycles. The van der Waals surface area contributed by atoms with Crippen LogP contribution in [0, 0.1) is 5.41 Å². The van der Waals surface area contributed by atoms with Crippen LogP contribution in [-0.4, -0.2) is 54.2 Å². The maximum absolute atomic E-state index is 12.1. The SMILES string of the molecule is COC(=O)C1(COc2c(-c3ccc4c(c3)COC4=O)ccc(OC)c2OC(O)(O)O)CC1. The second kappa shape index (κ2) is 7.97. The highest BCUT2D eigenvalue weighted by atomic mass is 16.9. The molecule has 1 heterocycles. The van der Waals surface area contributed by atoms with Crippen molar-refractivity contribution in [1.29, 1.82) is 0 Å². The number of hydrogen-bond acceptors (Lipinski definition) is 10. The van der Waals surface area contributed by atoms with Gasteiger partial charge in [-0.05, 0) is 42.7 Å². The van der Waals surface area contributed by atoms with Crippen molar-refractivity contribution in [3.8, 4) is 28.4 Å². The highest BCUT2D eigenvalue weighted by Gasteiger charge is 2.52. The Morgan fingerprint density at radius 1 is 1.09 bits per heavy atom. The van der Waals surface area contributed by atoms with E-state index in [2.05, 4.69) is 0 Å². The summed E-state index contributed by atoms with van der Waals surface area (Å²) in [4.78, 5) is 23.9. The molecule has 3 N–H and O–H groups in total. The Balaban J connectivity index is 1.79. The van der Waals surface area contributed by atoms with Crippen LogP contribution in [0.1, 0.15) is 28.8 Å². The number of fused-ring (bicyclic) bond motifs is 1. The number of esters is 2. The van der Waals surface area contributed by atoms with Crippen LogP contribution in [0.2, 0.25) is 0 Å². The number of methoxy groups -OCH3 is 2. The highest BCUT2D eigenvalue weighted by molar-refractivity contribution is 5.94. The maximum Gasteiger partial charge on any atom is 0.453 e. The normalized spacial score (nSPS) is 16.1. The van der Waals surface area contributed by atoms with Crippen molar-refractivity contribution in [2.75, 3.05) is 20.8 Å². The number of ether oxygens (including phenoxy) is 5. The molecule has 0 radical (unpaired) electrons. The van der Waals surface area contributed by atoms with Crippen molar-refractivity contribution in [2.45, 2.75) is 25.6 Å². The molecule has 4 rings (SSSR count). The molecule has 2 aliphatic rings. The van der Waals surface area contributed by atoms with Crippen LogP contribution in [0.3, 0.4) is 0 Å². The highest BCUT2D eigenvalue weighted by Crippen LogP contribution is 2.50. The Kier molecular flexibility index (Phi) is 5.45. The molecule has 10 nitrogen and oxygen atoms in total. The first-order valence-electron chi connectivity index (χ1n) is 9.76. The predicted molar refractivity (Wildman–Crippen MR) is 107 cm³/mol. The van der Waals surface area contributed by atoms with Crippen molar-refractivity contribution in [3.05, 3.63) is 41.5 Å². The Bertz CT molecular complexity index is 1070. The lowest BCUT2D eigenvalue weighted by Gasteiger charge is -2.23. The smallest absolute Gasteiger partial charge is 0.453 e. The Morgan fingerprint density at radius 3 is 2.44 bits per heavy atom. The average molecular weight is 446 g/mol. The molecule has 0 spiro atoms. The molecule has 10 heteroatoms. The van der Waals surface area contributed by atoms with E-state index in [1.807, 2.05) is 0 Å². The molecule has 2 aromatic rings. The van der Waals surface area contributed by atoms with E-state index in [9.17, 15) is 24.9 Å². The predicted octanol–water partition coefficient (Wildman–Crippen LogP) is 1.33. The molecule has 1 fully saturated rings. The minimum absolute atomic E-state index is 0.00578. The molecule has 32 heavy (non-hydrogen) atoms. The standard InChI is InChI=1S/C22H22O10/c1-28-16-6-5-14(12-3-4-15-13(9-12)10-30-19(15)23)17(18(16)32-22(25,26)27)31-11-21(7-8-21)20(24)29-2/h3-6,9,25-27H,7-8,10-11H2,1-2H3. The largest absolute Gasteiger partial charge is 0.493 e. The first-order chi connectivity index (χ1) is 15.2. The number of benzene rings is 2. The van der Waals surface area contributed by atoms with Crippen molar-refractivity contribution < 1.29 is 48.6 Å². The molecular weight excluding hydrogens is 424 g/mol. The summed E-state index contributed by atoms with van der Waals surface area (Å²) in [5.74, 6) is -1.07. The summed E-state index contributed by atoms with van der Waals surface area (Å²) in [5, 5.41) is 28.3. The molecule has 1 aliphatic carbocycles.